The summed E-state index contributed by atoms with van der Waals surface area (Å²) < 4.78 is 0. The van der Waals surface area contributed by atoms with Crippen LogP contribution in [0.1, 0.15) is 5.56 Å². The van der Waals surface area contributed by atoms with Gasteiger partial charge < -0.3 is 5.32 Å². The number of halogens is 1. The molecule has 0 aliphatic rings. The summed E-state index contributed by atoms with van der Waals surface area (Å²) in [6.07, 6.45) is 1.04. The lowest BCUT2D eigenvalue weighted by Gasteiger charge is -2.07. The summed E-state index contributed by atoms with van der Waals surface area (Å²) in [7, 11) is 1.97. The largest absolute Gasteiger partial charge is 0.319 e. The topological polar surface area (TPSA) is 12.0 Å². The first kappa shape index (κ1) is 10.5. The Balaban J connectivity index is 2.51. The predicted octanol–water partition coefficient (Wildman–Crippen LogP) is 3.26. The molecule has 0 unspecified atom stereocenters. The fraction of sp³-hybridized carbons (Fsp3) is 0.231. The van der Waals surface area contributed by atoms with Crippen LogP contribution in [0.3, 0.4) is 0 Å². The Morgan fingerprint density at radius 3 is 2.53 bits per heavy atom. The monoisotopic (exact) mass is 219 g/mol. The second kappa shape index (κ2) is 4.65. The van der Waals surface area contributed by atoms with Crippen LogP contribution in [-0.4, -0.2) is 13.6 Å². The van der Waals surface area contributed by atoms with E-state index in [9.17, 15) is 0 Å². The van der Waals surface area contributed by atoms with Gasteiger partial charge in [0.05, 0.1) is 0 Å². The Hall–Kier alpha value is -1.05. The normalized spacial score (nSPS) is 10.8. The lowest BCUT2D eigenvalue weighted by molar-refractivity contribution is 0.795. The van der Waals surface area contributed by atoms with Crippen LogP contribution in [0, 0.1) is 0 Å². The van der Waals surface area contributed by atoms with Gasteiger partial charge in [0.15, 0.2) is 0 Å². The van der Waals surface area contributed by atoms with E-state index in [0.29, 0.717) is 0 Å². The molecule has 2 aromatic rings. The number of hydrogen-bond acceptors (Lipinski definition) is 1. The first-order valence-electron chi connectivity index (χ1n) is 5.13. The molecule has 1 nitrogen and oxygen atoms in total. The van der Waals surface area contributed by atoms with Crippen LogP contribution < -0.4 is 5.32 Å². The van der Waals surface area contributed by atoms with Gasteiger partial charge in [-0.2, -0.15) is 0 Å². The summed E-state index contributed by atoms with van der Waals surface area (Å²) in [5, 5.41) is 6.40. The van der Waals surface area contributed by atoms with E-state index in [1.807, 2.05) is 19.2 Å². The molecule has 0 spiro atoms. The molecule has 2 rings (SSSR count). The Morgan fingerprint density at radius 1 is 1.07 bits per heavy atom. The molecule has 0 fully saturated rings. The predicted molar refractivity (Wildman–Crippen MR) is 66.6 cm³/mol. The van der Waals surface area contributed by atoms with Crippen LogP contribution in [0.25, 0.3) is 10.8 Å². The van der Waals surface area contributed by atoms with Crippen molar-refractivity contribution >= 4 is 22.4 Å². The summed E-state index contributed by atoms with van der Waals surface area (Å²) in [4.78, 5) is 0. The van der Waals surface area contributed by atoms with Crippen LogP contribution in [0.15, 0.2) is 36.4 Å². The Kier molecular flexibility index (Phi) is 3.24. The number of hydrogen-bond donors (Lipinski definition) is 1. The van der Waals surface area contributed by atoms with Gasteiger partial charge in [-0.05, 0) is 37.0 Å². The number of rotatable bonds is 3. The summed E-state index contributed by atoms with van der Waals surface area (Å²) in [6.45, 7) is 0.992. The van der Waals surface area contributed by atoms with E-state index in [1.165, 1.54) is 10.9 Å². The zero-order valence-corrected chi connectivity index (χ0v) is 9.51. The summed E-state index contributed by atoms with van der Waals surface area (Å²) in [5.74, 6) is 0. The van der Waals surface area contributed by atoms with Crippen molar-refractivity contribution < 1.29 is 0 Å². The Labute approximate surface area is 95.1 Å². The van der Waals surface area contributed by atoms with Crippen molar-refractivity contribution in [3.05, 3.63) is 47.0 Å². The molecular weight excluding hydrogens is 206 g/mol. The third-order valence-corrected chi connectivity index (χ3v) is 2.94. The molecule has 0 amide bonds. The highest BCUT2D eigenvalue weighted by atomic mass is 35.5. The van der Waals surface area contributed by atoms with Crippen molar-refractivity contribution in [1.29, 1.82) is 0 Å². The molecule has 0 saturated heterocycles. The van der Waals surface area contributed by atoms with Gasteiger partial charge in [-0.3, -0.25) is 0 Å². The van der Waals surface area contributed by atoms with E-state index < -0.39 is 0 Å². The van der Waals surface area contributed by atoms with E-state index in [4.69, 9.17) is 11.6 Å². The maximum Gasteiger partial charge on any atom is 0.0484 e. The third-order valence-electron chi connectivity index (χ3n) is 2.61. The van der Waals surface area contributed by atoms with Crippen molar-refractivity contribution in [2.75, 3.05) is 13.6 Å². The van der Waals surface area contributed by atoms with Crippen LogP contribution >= 0.6 is 11.6 Å². The van der Waals surface area contributed by atoms with Gasteiger partial charge in [-0.15, -0.1) is 0 Å². The van der Waals surface area contributed by atoms with Crippen molar-refractivity contribution in [3.63, 3.8) is 0 Å². The van der Waals surface area contributed by atoms with E-state index in [-0.39, 0.29) is 0 Å². The smallest absolute Gasteiger partial charge is 0.0484 e. The standard InChI is InChI=1S/C13H14ClN/c1-15-9-8-10-6-7-13(14)12-5-3-2-4-11(10)12/h2-7,15H,8-9H2,1H3. The molecule has 0 saturated carbocycles. The molecule has 0 radical (unpaired) electrons. The highest BCUT2D eigenvalue weighted by Gasteiger charge is 2.03. The van der Waals surface area contributed by atoms with E-state index in [0.717, 1.165) is 23.4 Å². The minimum absolute atomic E-state index is 0.832. The van der Waals surface area contributed by atoms with Crippen molar-refractivity contribution in [2.24, 2.45) is 0 Å². The summed E-state index contributed by atoms with van der Waals surface area (Å²) >= 11 is 6.15. The van der Waals surface area contributed by atoms with E-state index in [1.54, 1.807) is 0 Å². The number of likely N-dealkylation sites (N-methyl/N-ethyl adjacent to an activating group) is 1. The van der Waals surface area contributed by atoms with Crippen LogP contribution in [-0.2, 0) is 6.42 Å². The van der Waals surface area contributed by atoms with Gasteiger partial charge in [0.2, 0.25) is 0 Å². The average molecular weight is 220 g/mol. The molecule has 78 valence electrons. The maximum absolute atomic E-state index is 6.15. The number of nitrogens with one attached hydrogen (secondary N) is 1. The van der Waals surface area contributed by atoms with Crippen molar-refractivity contribution in [2.45, 2.75) is 6.42 Å². The SMILES string of the molecule is CNCCc1ccc(Cl)c2ccccc12. The third kappa shape index (κ3) is 2.14. The first-order chi connectivity index (χ1) is 7.33. The molecular formula is C13H14ClN. The minimum Gasteiger partial charge on any atom is -0.319 e. The molecule has 15 heavy (non-hydrogen) atoms. The summed E-state index contributed by atoms with van der Waals surface area (Å²) in [6, 6.07) is 12.4. The number of fused-ring (bicyclic) bond motifs is 1. The molecule has 0 aromatic heterocycles. The highest BCUT2D eigenvalue weighted by Crippen LogP contribution is 2.26. The zero-order valence-electron chi connectivity index (χ0n) is 8.76. The van der Waals surface area contributed by atoms with Gasteiger partial charge in [-0.1, -0.05) is 41.9 Å². The van der Waals surface area contributed by atoms with E-state index in [2.05, 4.69) is 29.6 Å². The Bertz CT molecular complexity index is 465. The average Bonchev–Trinajstić information content (AvgIpc) is 2.29. The molecule has 0 atom stereocenters. The fourth-order valence-corrected chi connectivity index (χ4v) is 2.03. The summed E-state index contributed by atoms with van der Waals surface area (Å²) in [5.41, 5.74) is 1.35. The zero-order chi connectivity index (χ0) is 10.7. The van der Waals surface area contributed by atoms with Crippen molar-refractivity contribution in [3.8, 4) is 0 Å². The van der Waals surface area contributed by atoms with Gasteiger partial charge >= 0.3 is 0 Å². The molecule has 0 bridgehead atoms. The van der Waals surface area contributed by atoms with Crippen LogP contribution in [0.4, 0.5) is 0 Å². The van der Waals surface area contributed by atoms with Gasteiger partial charge in [0.1, 0.15) is 0 Å². The van der Waals surface area contributed by atoms with Crippen LogP contribution in [0.2, 0.25) is 5.02 Å². The van der Waals surface area contributed by atoms with Gasteiger partial charge in [0, 0.05) is 10.4 Å². The Morgan fingerprint density at radius 2 is 1.80 bits per heavy atom. The molecule has 1 N–H and O–H groups in total. The molecule has 2 heteroatoms. The van der Waals surface area contributed by atoms with Gasteiger partial charge in [-0.25, -0.2) is 0 Å². The van der Waals surface area contributed by atoms with Crippen LogP contribution in [0.5, 0.6) is 0 Å². The second-order valence-corrected chi connectivity index (χ2v) is 4.01. The molecule has 0 aliphatic heterocycles. The highest BCUT2D eigenvalue weighted by molar-refractivity contribution is 6.35. The van der Waals surface area contributed by atoms with Crippen molar-refractivity contribution in [1.82, 2.24) is 5.32 Å². The molecule has 0 heterocycles. The minimum atomic E-state index is 0.832. The second-order valence-electron chi connectivity index (χ2n) is 3.61. The van der Waals surface area contributed by atoms with E-state index >= 15 is 0 Å². The fourth-order valence-electron chi connectivity index (χ4n) is 1.80. The molecule has 2 aromatic carbocycles. The van der Waals surface area contributed by atoms with Gasteiger partial charge in [0.25, 0.3) is 0 Å². The number of benzene rings is 2. The molecule has 0 aliphatic carbocycles. The lowest BCUT2D eigenvalue weighted by Crippen LogP contribution is -2.10. The maximum atomic E-state index is 6.15. The lowest BCUT2D eigenvalue weighted by atomic mass is 10.0. The quantitative estimate of drug-likeness (QED) is 0.836. The first-order valence-corrected chi connectivity index (χ1v) is 5.51.